The predicted molar refractivity (Wildman–Crippen MR) is 112 cm³/mol. The van der Waals surface area contributed by atoms with E-state index in [1.165, 1.54) is 19.3 Å². The van der Waals surface area contributed by atoms with Gasteiger partial charge in [0.25, 0.3) is 0 Å². The maximum absolute atomic E-state index is 12.7. The lowest BCUT2D eigenvalue weighted by atomic mass is 9.97. The highest BCUT2D eigenvalue weighted by molar-refractivity contribution is 5.85. The lowest BCUT2D eigenvalue weighted by Gasteiger charge is -2.28. The number of Topliss-reactive ketones (excluding diaryl/α,β-unsaturated/α-hetero) is 1. The fraction of sp³-hybridized carbons (Fsp3) is 0.652. The summed E-state index contributed by atoms with van der Waals surface area (Å²) in [5.74, 6) is 0.197. The number of hydrogen-bond donors (Lipinski definition) is 0. The van der Waals surface area contributed by atoms with Gasteiger partial charge in [-0.3, -0.25) is 9.59 Å². The van der Waals surface area contributed by atoms with Crippen LogP contribution < -0.4 is 4.74 Å². The van der Waals surface area contributed by atoms with Crippen molar-refractivity contribution in [1.29, 1.82) is 0 Å². The second-order valence-electron chi connectivity index (χ2n) is 8.39. The first-order chi connectivity index (χ1) is 13.3. The van der Waals surface area contributed by atoms with E-state index in [9.17, 15) is 9.59 Å². The van der Waals surface area contributed by atoms with E-state index in [-0.39, 0.29) is 24.1 Å². The molecule has 0 fully saturated rings. The standard InChI is InChI=1S/C23H38NO4/c1-5-6-7-8-12-16-28-23(26)18-20(19-24(2,3)4)22(25)15-17-27-21-13-10-9-11-14-21/h9-11,13-14,20H,5-8,12,15-19H2,1-4H3/q+1/t20-/m1/s1. The first kappa shape index (κ1) is 24.2. The minimum atomic E-state index is -0.341. The molecule has 0 aliphatic rings. The Labute approximate surface area is 170 Å². The van der Waals surface area contributed by atoms with Crippen LogP contribution in [0.25, 0.3) is 0 Å². The third kappa shape index (κ3) is 11.8. The van der Waals surface area contributed by atoms with Crippen LogP contribution in [0, 0.1) is 5.92 Å². The molecule has 0 aromatic heterocycles. The maximum Gasteiger partial charge on any atom is 0.306 e. The van der Waals surface area contributed by atoms with Crippen LogP contribution in [0.3, 0.4) is 0 Å². The fourth-order valence-electron chi connectivity index (χ4n) is 3.08. The summed E-state index contributed by atoms with van der Waals surface area (Å²) in [5.41, 5.74) is 0. The topological polar surface area (TPSA) is 52.6 Å². The summed E-state index contributed by atoms with van der Waals surface area (Å²) in [6, 6.07) is 9.45. The van der Waals surface area contributed by atoms with Crippen LogP contribution in [-0.4, -0.2) is 57.1 Å². The van der Waals surface area contributed by atoms with Crippen molar-refractivity contribution in [2.24, 2.45) is 5.92 Å². The van der Waals surface area contributed by atoms with Crippen LogP contribution >= 0.6 is 0 Å². The summed E-state index contributed by atoms with van der Waals surface area (Å²) < 4.78 is 11.6. The molecular weight excluding hydrogens is 354 g/mol. The number of rotatable bonds is 15. The number of benzene rings is 1. The van der Waals surface area contributed by atoms with Gasteiger partial charge in [-0.15, -0.1) is 0 Å². The molecule has 1 rings (SSSR count). The van der Waals surface area contributed by atoms with Crippen molar-refractivity contribution in [3.63, 3.8) is 0 Å². The molecule has 5 nitrogen and oxygen atoms in total. The highest BCUT2D eigenvalue weighted by Gasteiger charge is 2.28. The van der Waals surface area contributed by atoms with Gasteiger partial charge >= 0.3 is 5.97 Å². The van der Waals surface area contributed by atoms with Crippen molar-refractivity contribution in [3.05, 3.63) is 30.3 Å². The monoisotopic (exact) mass is 392 g/mol. The largest absolute Gasteiger partial charge is 0.493 e. The van der Waals surface area contributed by atoms with Crippen LogP contribution in [0.1, 0.15) is 51.9 Å². The van der Waals surface area contributed by atoms with Gasteiger partial charge in [0.1, 0.15) is 11.5 Å². The molecule has 0 saturated heterocycles. The minimum Gasteiger partial charge on any atom is -0.493 e. The first-order valence-electron chi connectivity index (χ1n) is 10.5. The minimum absolute atomic E-state index is 0.0591. The summed E-state index contributed by atoms with van der Waals surface area (Å²) >= 11 is 0. The zero-order valence-corrected chi connectivity index (χ0v) is 18.1. The van der Waals surface area contributed by atoms with E-state index >= 15 is 0 Å². The number of ketones is 1. The number of hydrogen-bond acceptors (Lipinski definition) is 4. The Hall–Kier alpha value is -1.88. The number of quaternary nitrogens is 1. The molecule has 0 amide bonds. The number of unbranched alkanes of at least 4 members (excludes halogenated alkanes) is 4. The second kappa shape index (κ2) is 13.3. The van der Waals surface area contributed by atoms with Gasteiger partial charge in [0.2, 0.25) is 0 Å². The highest BCUT2D eigenvalue weighted by Crippen LogP contribution is 2.15. The second-order valence-corrected chi connectivity index (χ2v) is 8.39. The lowest BCUT2D eigenvalue weighted by molar-refractivity contribution is -0.872. The van der Waals surface area contributed by atoms with E-state index in [0.717, 1.165) is 18.6 Å². The molecule has 0 aliphatic carbocycles. The Morgan fingerprint density at radius 3 is 2.29 bits per heavy atom. The Bertz CT molecular complexity index is 566. The summed E-state index contributed by atoms with van der Waals surface area (Å²) in [6.07, 6.45) is 6.02. The van der Waals surface area contributed by atoms with Crippen LogP contribution in [0.4, 0.5) is 0 Å². The third-order valence-electron chi connectivity index (χ3n) is 4.51. The third-order valence-corrected chi connectivity index (χ3v) is 4.51. The zero-order valence-electron chi connectivity index (χ0n) is 18.1. The highest BCUT2D eigenvalue weighted by atomic mass is 16.5. The van der Waals surface area contributed by atoms with Crippen LogP contribution in [-0.2, 0) is 14.3 Å². The van der Waals surface area contributed by atoms with Gasteiger partial charge in [-0.05, 0) is 18.6 Å². The van der Waals surface area contributed by atoms with Crippen molar-refractivity contribution >= 4 is 11.8 Å². The molecule has 1 atom stereocenters. The molecule has 5 heteroatoms. The smallest absolute Gasteiger partial charge is 0.306 e. The molecule has 1 aromatic rings. The quantitative estimate of drug-likeness (QED) is 0.254. The molecule has 0 spiro atoms. The summed E-state index contributed by atoms with van der Waals surface area (Å²) in [6.45, 7) is 3.56. The fourth-order valence-corrected chi connectivity index (χ4v) is 3.08. The van der Waals surface area contributed by atoms with Crippen molar-refractivity contribution in [3.8, 4) is 5.75 Å². The van der Waals surface area contributed by atoms with Gasteiger partial charge in [-0.25, -0.2) is 0 Å². The molecule has 1 aromatic carbocycles. The number of nitrogens with zero attached hydrogens (tertiary/aromatic N) is 1. The summed E-state index contributed by atoms with van der Waals surface area (Å²) in [4.78, 5) is 24.9. The molecule has 0 unspecified atom stereocenters. The van der Waals surface area contributed by atoms with Crippen molar-refractivity contribution in [2.45, 2.75) is 51.9 Å². The average Bonchev–Trinajstić information content (AvgIpc) is 2.63. The Morgan fingerprint density at radius 1 is 0.964 bits per heavy atom. The van der Waals surface area contributed by atoms with Crippen LogP contribution in [0.5, 0.6) is 5.75 Å². The summed E-state index contributed by atoms with van der Waals surface area (Å²) in [7, 11) is 6.08. The molecule has 28 heavy (non-hydrogen) atoms. The van der Waals surface area contributed by atoms with Gasteiger partial charge in [0.15, 0.2) is 0 Å². The van der Waals surface area contributed by atoms with Gasteiger partial charge in [0, 0.05) is 6.42 Å². The van der Waals surface area contributed by atoms with Crippen LogP contribution in [0.15, 0.2) is 30.3 Å². The molecule has 0 N–H and O–H groups in total. The molecule has 0 aliphatic heterocycles. The van der Waals surface area contributed by atoms with Crippen molar-refractivity contribution in [1.82, 2.24) is 0 Å². The van der Waals surface area contributed by atoms with Gasteiger partial charge in [0.05, 0.1) is 53.2 Å². The lowest BCUT2D eigenvalue weighted by Crippen LogP contribution is -2.42. The Kier molecular flexibility index (Phi) is 11.5. The average molecular weight is 393 g/mol. The van der Waals surface area contributed by atoms with E-state index in [2.05, 4.69) is 6.92 Å². The van der Waals surface area contributed by atoms with Gasteiger partial charge < -0.3 is 14.0 Å². The molecule has 158 valence electrons. The molecule has 0 radical (unpaired) electrons. The van der Waals surface area contributed by atoms with Crippen LogP contribution in [0.2, 0.25) is 0 Å². The predicted octanol–water partition coefficient (Wildman–Crippen LogP) is 4.25. The Morgan fingerprint density at radius 2 is 1.64 bits per heavy atom. The van der Waals surface area contributed by atoms with E-state index in [1.807, 2.05) is 51.5 Å². The normalized spacial score (nSPS) is 12.4. The van der Waals surface area contributed by atoms with E-state index < -0.39 is 0 Å². The maximum atomic E-state index is 12.7. The number of carbonyl (C=O) groups excluding carboxylic acids is 2. The SMILES string of the molecule is CCCCCCCOC(=O)C[C@H](C[N+](C)(C)C)C(=O)CCOc1ccccc1. The van der Waals surface area contributed by atoms with E-state index in [1.54, 1.807) is 0 Å². The number of para-hydroxylation sites is 1. The summed E-state index contributed by atoms with van der Waals surface area (Å²) in [5, 5.41) is 0. The molecular formula is C23H38NO4+. The number of esters is 1. The van der Waals surface area contributed by atoms with E-state index in [0.29, 0.717) is 30.7 Å². The van der Waals surface area contributed by atoms with Gasteiger partial charge in [-0.1, -0.05) is 50.8 Å². The molecule has 0 bridgehead atoms. The number of carbonyl (C=O) groups is 2. The van der Waals surface area contributed by atoms with Gasteiger partial charge in [-0.2, -0.15) is 0 Å². The van der Waals surface area contributed by atoms with E-state index in [4.69, 9.17) is 9.47 Å². The van der Waals surface area contributed by atoms with Crippen molar-refractivity contribution < 1.29 is 23.5 Å². The van der Waals surface area contributed by atoms with Crippen molar-refractivity contribution in [2.75, 3.05) is 40.9 Å². The molecule has 0 heterocycles. The number of ether oxygens (including phenoxy) is 2. The first-order valence-corrected chi connectivity index (χ1v) is 10.5. The molecule has 0 saturated carbocycles. The Balaban J connectivity index is 2.43. The zero-order chi connectivity index (χ0) is 20.8.